The Hall–Kier alpha value is -4.67. The second-order valence-corrected chi connectivity index (χ2v) is 11.4. The predicted octanol–water partition coefficient (Wildman–Crippen LogP) is 5.37. The number of piperidine rings is 1. The van der Waals surface area contributed by atoms with E-state index in [1.54, 1.807) is 31.5 Å². The highest BCUT2D eigenvalue weighted by Gasteiger charge is 2.27. The third-order valence-corrected chi connectivity index (χ3v) is 8.63. The lowest BCUT2D eigenvalue weighted by atomic mass is 10.0. The van der Waals surface area contributed by atoms with Crippen LogP contribution in [0.15, 0.2) is 72.9 Å². The smallest absolute Gasteiger partial charge is 0.229 e. The van der Waals surface area contributed by atoms with Crippen molar-refractivity contribution in [2.24, 2.45) is 0 Å². The van der Waals surface area contributed by atoms with E-state index in [2.05, 4.69) is 49.5 Å². The molecule has 10 nitrogen and oxygen atoms in total. The van der Waals surface area contributed by atoms with Gasteiger partial charge < -0.3 is 30.3 Å². The highest BCUT2D eigenvalue weighted by molar-refractivity contribution is 5.89. The zero-order valence-electron chi connectivity index (χ0n) is 25.2. The number of piperazine rings is 1. The monoisotopic (exact) mass is 593 g/mol. The lowest BCUT2D eigenvalue weighted by Gasteiger charge is -2.42. The van der Waals surface area contributed by atoms with E-state index >= 15 is 0 Å². The van der Waals surface area contributed by atoms with Crippen LogP contribution >= 0.6 is 0 Å². The maximum atomic E-state index is 11.5. The van der Waals surface area contributed by atoms with Crippen LogP contribution in [0.5, 0.6) is 11.5 Å². The van der Waals surface area contributed by atoms with Gasteiger partial charge in [-0.05, 0) is 50.2 Å². The van der Waals surface area contributed by atoms with Gasteiger partial charge in [0.15, 0.2) is 6.29 Å². The van der Waals surface area contributed by atoms with Gasteiger partial charge in [0, 0.05) is 80.1 Å². The molecule has 3 heterocycles. The molecule has 2 saturated heterocycles. The first-order valence-electron chi connectivity index (χ1n) is 15.1. The third kappa shape index (κ3) is 6.46. The third-order valence-electron chi connectivity index (χ3n) is 8.63. The Morgan fingerprint density at radius 2 is 1.68 bits per heavy atom. The Balaban J connectivity index is 1.21. The van der Waals surface area contributed by atoms with Crippen molar-refractivity contribution >= 4 is 35.1 Å². The standard InChI is InChI=1S/C34H39N7O3/c1-39-17-19-41(20-18-39)26-13-15-40(16-14-26)27-11-12-30(31(21-27)44-2)37-34-35-22-29(28-10-6-7-24(23-42)32(28)43)33(38-34)36-25-8-4-3-5-9-25/h3-12,21-23,26,43H,13-20H2,1-2H3,(H2,35,36,37,38). The normalized spacial score (nSPS) is 16.5. The van der Waals surface area contributed by atoms with Crippen molar-refractivity contribution in [3.63, 3.8) is 0 Å². The number of phenols is 1. The van der Waals surface area contributed by atoms with Crippen LogP contribution in [-0.4, -0.2) is 90.6 Å². The molecule has 6 rings (SSSR count). The fraction of sp³-hybridized carbons (Fsp3) is 0.324. The SMILES string of the molecule is COc1cc(N2CCC(N3CCN(C)CC3)CC2)ccc1Nc1ncc(-c2cccc(C=O)c2O)c(Nc2ccccc2)n1. The van der Waals surface area contributed by atoms with E-state index in [4.69, 9.17) is 9.72 Å². The van der Waals surface area contributed by atoms with Gasteiger partial charge in [0.2, 0.25) is 5.95 Å². The van der Waals surface area contributed by atoms with E-state index in [1.807, 2.05) is 36.4 Å². The summed E-state index contributed by atoms with van der Waals surface area (Å²) in [6, 6.07) is 21.5. The van der Waals surface area contributed by atoms with Crippen LogP contribution in [-0.2, 0) is 0 Å². The van der Waals surface area contributed by atoms with Crippen molar-refractivity contribution < 1.29 is 14.6 Å². The summed E-state index contributed by atoms with van der Waals surface area (Å²) >= 11 is 0. The summed E-state index contributed by atoms with van der Waals surface area (Å²) in [5.74, 6) is 1.42. The zero-order chi connectivity index (χ0) is 30.5. The number of phenolic OH excluding ortho intramolecular Hbond substituents is 1. The number of likely N-dealkylation sites (N-methyl/N-ethyl adjacent to an activating group) is 1. The Morgan fingerprint density at radius 1 is 0.909 bits per heavy atom. The Morgan fingerprint density at radius 3 is 2.41 bits per heavy atom. The summed E-state index contributed by atoms with van der Waals surface area (Å²) in [6.45, 7) is 6.66. The van der Waals surface area contributed by atoms with Crippen molar-refractivity contribution in [1.29, 1.82) is 0 Å². The minimum Gasteiger partial charge on any atom is -0.507 e. The summed E-state index contributed by atoms with van der Waals surface area (Å²) in [6.07, 6.45) is 4.59. The predicted molar refractivity (Wildman–Crippen MR) is 175 cm³/mol. The largest absolute Gasteiger partial charge is 0.507 e. The molecule has 0 amide bonds. The number of aromatic hydroxyl groups is 1. The van der Waals surface area contributed by atoms with E-state index in [-0.39, 0.29) is 11.3 Å². The van der Waals surface area contributed by atoms with Crippen LogP contribution in [0, 0.1) is 0 Å². The quantitative estimate of drug-likeness (QED) is 0.219. The molecule has 0 spiro atoms. The molecule has 0 atom stereocenters. The van der Waals surface area contributed by atoms with Gasteiger partial charge in [-0.15, -0.1) is 0 Å². The number of para-hydroxylation sites is 2. The van der Waals surface area contributed by atoms with Crippen molar-refractivity contribution in [3.05, 3.63) is 78.5 Å². The minimum atomic E-state index is -0.118. The molecule has 44 heavy (non-hydrogen) atoms. The fourth-order valence-electron chi connectivity index (χ4n) is 6.04. The first kappa shape index (κ1) is 29.4. The van der Waals surface area contributed by atoms with Crippen LogP contribution in [0.2, 0.25) is 0 Å². The molecule has 1 aromatic heterocycles. The van der Waals surface area contributed by atoms with Crippen molar-refractivity contribution in [3.8, 4) is 22.6 Å². The van der Waals surface area contributed by atoms with Gasteiger partial charge in [-0.25, -0.2) is 4.98 Å². The van der Waals surface area contributed by atoms with E-state index in [1.165, 1.54) is 0 Å². The van der Waals surface area contributed by atoms with Gasteiger partial charge in [0.25, 0.3) is 0 Å². The molecular weight excluding hydrogens is 554 g/mol. The molecule has 0 bridgehead atoms. The average molecular weight is 594 g/mol. The van der Waals surface area contributed by atoms with Crippen LogP contribution in [0.25, 0.3) is 11.1 Å². The second kappa shape index (κ2) is 13.3. The van der Waals surface area contributed by atoms with Gasteiger partial charge in [0.05, 0.1) is 18.4 Å². The first-order valence-corrected chi connectivity index (χ1v) is 15.1. The number of anilines is 5. The van der Waals surface area contributed by atoms with Crippen LogP contribution in [0.3, 0.4) is 0 Å². The number of methoxy groups -OCH3 is 1. The number of carbonyl (C=O) groups excluding carboxylic acids is 1. The first-order chi connectivity index (χ1) is 21.5. The fourth-order valence-corrected chi connectivity index (χ4v) is 6.04. The van der Waals surface area contributed by atoms with Gasteiger partial charge >= 0.3 is 0 Å². The second-order valence-electron chi connectivity index (χ2n) is 11.4. The van der Waals surface area contributed by atoms with Gasteiger partial charge in [-0.3, -0.25) is 9.69 Å². The number of rotatable bonds is 9. The molecule has 3 aromatic carbocycles. The molecular formula is C34H39N7O3. The number of carbonyl (C=O) groups is 1. The molecule has 2 fully saturated rings. The number of aldehydes is 1. The number of aromatic nitrogens is 2. The number of benzene rings is 3. The molecule has 0 radical (unpaired) electrons. The van der Waals surface area contributed by atoms with Crippen LogP contribution < -0.4 is 20.3 Å². The summed E-state index contributed by atoms with van der Waals surface area (Å²) < 4.78 is 5.80. The maximum absolute atomic E-state index is 11.5. The Kier molecular flexibility index (Phi) is 8.90. The van der Waals surface area contributed by atoms with E-state index in [0.717, 1.165) is 69.2 Å². The summed E-state index contributed by atoms with van der Waals surface area (Å²) in [5, 5.41) is 17.4. The average Bonchev–Trinajstić information content (AvgIpc) is 3.06. The topological polar surface area (TPSA) is 106 Å². The lowest BCUT2D eigenvalue weighted by molar-refractivity contribution is 0.0982. The van der Waals surface area contributed by atoms with E-state index < -0.39 is 0 Å². The highest BCUT2D eigenvalue weighted by Crippen LogP contribution is 2.38. The Bertz CT molecular complexity index is 1580. The Labute approximate surface area is 258 Å². The zero-order valence-corrected chi connectivity index (χ0v) is 25.2. The van der Waals surface area contributed by atoms with Crippen molar-refractivity contribution in [1.82, 2.24) is 19.8 Å². The molecule has 228 valence electrons. The molecule has 2 aliphatic rings. The molecule has 0 aliphatic carbocycles. The number of hydrogen-bond acceptors (Lipinski definition) is 10. The molecule has 0 saturated carbocycles. The van der Waals surface area contributed by atoms with Gasteiger partial charge in [-0.2, -0.15) is 4.98 Å². The molecule has 10 heteroatoms. The van der Waals surface area contributed by atoms with Gasteiger partial charge in [-0.1, -0.05) is 30.3 Å². The van der Waals surface area contributed by atoms with E-state index in [0.29, 0.717) is 41.0 Å². The summed E-state index contributed by atoms with van der Waals surface area (Å²) in [7, 11) is 3.87. The number of nitrogens with zero attached hydrogens (tertiary/aromatic N) is 5. The number of ether oxygens (including phenoxy) is 1. The summed E-state index contributed by atoms with van der Waals surface area (Å²) in [4.78, 5) is 28.3. The van der Waals surface area contributed by atoms with Crippen LogP contribution in [0.1, 0.15) is 23.2 Å². The number of hydrogen-bond donors (Lipinski definition) is 3. The molecule has 4 aromatic rings. The van der Waals surface area contributed by atoms with Crippen LogP contribution in [0.4, 0.5) is 28.8 Å². The molecule has 2 aliphatic heterocycles. The van der Waals surface area contributed by atoms with Crippen molar-refractivity contribution in [2.45, 2.75) is 18.9 Å². The maximum Gasteiger partial charge on any atom is 0.229 e. The lowest BCUT2D eigenvalue weighted by Crippen LogP contribution is -2.52. The summed E-state index contributed by atoms with van der Waals surface area (Å²) in [5.41, 5.74) is 3.91. The van der Waals surface area contributed by atoms with E-state index in [9.17, 15) is 9.90 Å². The van der Waals surface area contributed by atoms with Gasteiger partial charge in [0.1, 0.15) is 17.3 Å². The molecule has 0 unspecified atom stereocenters. The van der Waals surface area contributed by atoms with Crippen molar-refractivity contribution in [2.75, 3.05) is 69.0 Å². The molecule has 3 N–H and O–H groups in total. The minimum absolute atomic E-state index is 0.118. The number of nitrogens with one attached hydrogen (secondary N) is 2. The highest BCUT2D eigenvalue weighted by atomic mass is 16.5.